The van der Waals surface area contributed by atoms with Crippen LogP contribution in [0.4, 0.5) is 0 Å². The molecular formula is C12H17BrOS2. The molecule has 1 nitrogen and oxygen atoms in total. The average Bonchev–Trinajstić information content (AvgIpc) is 2.74. The molecule has 4 heteroatoms. The minimum Gasteiger partial charge on any atom is -0.387 e. The maximum absolute atomic E-state index is 10.1. The van der Waals surface area contributed by atoms with E-state index in [2.05, 4.69) is 15.9 Å². The Labute approximate surface area is 114 Å². The molecule has 1 N–H and O–H groups in total. The Hall–Kier alpha value is 0.490. The molecule has 0 spiro atoms. The Morgan fingerprint density at radius 1 is 1.44 bits per heavy atom. The molecule has 0 amide bonds. The molecule has 2 rings (SSSR count). The highest BCUT2D eigenvalue weighted by Gasteiger charge is 2.18. The Kier molecular flexibility index (Phi) is 5.20. The summed E-state index contributed by atoms with van der Waals surface area (Å²) in [5.41, 5.74) is 0. The summed E-state index contributed by atoms with van der Waals surface area (Å²) in [5.74, 6) is 0.837. The van der Waals surface area contributed by atoms with Crippen LogP contribution in [-0.4, -0.2) is 16.1 Å². The zero-order valence-electron chi connectivity index (χ0n) is 9.19. The van der Waals surface area contributed by atoms with Gasteiger partial charge in [-0.2, -0.15) is 11.8 Å². The van der Waals surface area contributed by atoms with Crippen molar-refractivity contribution in [1.29, 1.82) is 0 Å². The third-order valence-electron chi connectivity index (χ3n) is 2.99. The Bertz CT molecular complexity index is 321. The van der Waals surface area contributed by atoms with Gasteiger partial charge in [0, 0.05) is 20.4 Å². The van der Waals surface area contributed by atoms with Crippen LogP contribution in [0.2, 0.25) is 0 Å². The quantitative estimate of drug-likeness (QED) is 0.874. The number of halogens is 1. The summed E-state index contributed by atoms with van der Waals surface area (Å²) in [6, 6.07) is 2.01. The number of thiophene rings is 1. The van der Waals surface area contributed by atoms with Gasteiger partial charge in [0.05, 0.1) is 6.10 Å². The summed E-state index contributed by atoms with van der Waals surface area (Å²) in [4.78, 5) is 1.07. The lowest BCUT2D eigenvalue weighted by molar-refractivity contribution is 0.207. The van der Waals surface area contributed by atoms with Crippen molar-refractivity contribution in [3.8, 4) is 0 Å². The first-order valence-electron chi connectivity index (χ1n) is 5.80. The molecule has 1 saturated carbocycles. The fourth-order valence-electron chi connectivity index (χ4n) is 2.08. The zero-order valence-corrected chi connectivity index (χ0v) is 12.4. The van der Waals surface area contributed by atoms with E-state index in [1.54, 1.807) is 11.3 Å². The molecule has 1 unspecified atom stereocenters. The molecule has 0 radical (unpaired) electrons. The predicted molar refractivity (Wildman–Crippen MR) is 76.3 cm³/mol. The van der Waals surface area contributed by atoms with E-state index in [0.717, 1.165) is 20.4 Å². The summed E-state index contributed by atoms with van der Waals surface area (Å²) < 4.78 is 1.05. The van der Waals surface area contributed by atoms with Crippen molar-refractivity contribution in [3.63, 3.8) is 0 Å². The summed E-state index contributed by atoms with van der Waals surface area (Å²) in [6.45, 7) is 0. The fraction of sp³-hybridized carbons (Fsp3) is 0.667. The van der Waals surface area contributed by atoms with Crippen molar-refractivity contribution in [2.75, 3.05) is 5.75 Å². The van der Waals surface area contributed by atoms with Crippen molar-refractivity contribution in [2.45, 2.75) is 43.5 Å². The summed E-state index contributed by atoms with van der Waals surface area (Å²) in [7, 11) is 0. The van der Waals surface area contributed by atoms with Gasteiger partial charge in [0.25, 0.3) is 0 Å². The van der Waals surface area contributed by atoms with Crippen LogP contribution in [0.3, 0.4) is 0 Å². The lowest BCUT2D eigenvalue weighted by Gasteiger charge is -2.22. The van der Waals surface area contributed by atoms with E-state index in [9.17, 15) is 5.11 Å². The smallest absolute Gasteiger partial charge is 0.0983 e. The number of hydrogen-bond acceptors (Lipinski definition) is 3. The first-order valence-corrected chi connectivity index (χ1v) is 8.52. The van der Waals surface area contributed by atoms with Crippen LogP contribution in [0, 0.1) is 0 Å². The molecule has 0 saturated heterocycles. The van der Waals surface area contributed by atoms with Gasteiger partial charge in [-0.05, 0) is 40.2 Å². The second-order valence-corrected chi connectivity index (χ2v) is 7.38. The van der Waals surface area contributed by atoms with Crippen LogP contribution in [-0.2, 0) is 0 Å². The molecule has 1 aliphatic carbocycles. The van der Waals surface area contributed by atoms with Gasteiger partial charge in [0.15, 0.2) is 0 Å². The standard InChI is InChI=1S/C12H17BrOS2/c13-10-6-7-15-12(10)11(14)8-16-9-4-2-1-3-5-9/h6-7,9,11,14H,1-5,8H2. The van der Waals surface area contributed by atoms with Crippen molar-refractivity contribution in [3.05, 3.63) is 20.8 Å². The van der Waals surface area contributed by atoms with Gasteiger partial charge in [0.2, 0.25) is 0 Å². The van der Waals surface area contributed by atoms with E-state index in [4.69, 9.17) is 0 Å². The number of thioether (sulfide) groups is 1. The Morgan fingerprint density at radius 3 is 2.81 bits per heavy atom. The first-order chi connectivity index (χ1) is 7.77. The van der Waals surface area contributed by atoms with Gasteiger partial charge in [-0.25, -0.2) is 0 Å². The van der Waals surface area contributed by atoms with Crippen LogP contribution in [0.25, 0.3) is 0 Å². The molecule has 1 aromatic heterocycles. The normalized spacial score (nSPS) is 19.9. The van der Waals surface area contributed by atoms with E-state index in [1.807, 2.05) is 23.2 Å². The van der Waals surface area contributed by atoms with E-state index >= 15 is 0 Å². The highest BCUT2D eigenvalue weighted by atomic mass is 79.9. The average molecular weight is 321 g/mol. The number of aliphatic hydroxyl groups is 1. The van der Waals surface area contributed by atoms with E-state index in [-0.39, 0.29) is 6.10 Å². The minimum atomic E-state index is -0.304. The maximum atomic E-state index is 10.1. The molecule has 1 atom stereocenters. The molecule has 1 aromatic rings. The van der Waals surface area contributed by atoms with Crippen LogP contribution < -0.4 is 0 Å². The van der Waals surface area contributed by atoms with Gasteiger partial charge in [-0.15, -0.1) is 11.3 Å². The lowest BCUT2D eigenvalue weighted by Crippen LogP contribution is -2.11. The molecule has 16 heavy (non-hydrogen) atoms. The van der Waals surface area contributed by atoms with Gasteiger partial charge in [-0.1, -0.05) is 19.3 Å². The molecule has 0 aliphatic heterocycles. The number of aliphatic hydroxyl groups excluding tert-OH is 1. The van der Waals surface area contributed by atoms with Crippen LogP contribution in [0.1, 0.15) is 43.1 Å². The van der Waals surface area contributed by atoms with E-state index in [0.29, 0.717) is 0 Å². The highest BCUT2D eigenvalue weighted by molar-refractivity contribution is 9.10. The Morgan fingerprint density at radius 2 is 2.19 bits per heavy atom. The second-order valence-electron chi connectivity index (χ2n) is 4.24. The largest absolute Gasteiger partial charge is 0.387 e. The second kappa shape index (κ2) is 6.43. The van der Waals surface area contributed by atoms with Gasteiger partial charge in [0.1, 0.15) is 0 Å². The molecular weight excluding hydrogens is 304 g/mol. The fourth-order valence-corrected chi connectivity index (χ4v) is 5.09. The molecule has 1 fully saturated rings. The van der Waals surface area contributed by atoms with Gasteiger partial charge >= 0.3 is 0 Å². The van der Waals surface area contributed by atoms with Crippen molar-refractivity contribution >= 4 is 39.0 Å². The number of hydrogen-bond donors (Lipinski definition) is 1. The molecule has 0 aromatic carbocycles. The summed E-state index contributed by atoms with van der Waals surface area (Å²) in [6.07, 6.45) is 6.51. The topological polar surface area (TPSA) is 20.2 Å². The molecule has 90 valence electrons. The van der Waals surface area contributed by atoms with E-state index in [1.165, 1.54) is 32.1 Å². The number of rotatable bonds is 4. The summed E-state index contributed by atoms with van der Waals surface area (Å²) in [5, 5.41) is 12.9. The third-order valence-corrected chi connectivity index (χ3v) is 6.41. The zero-order chi connectivity index (χ0) is 11.4. The summed E-state index contributed by atoms with van der Waals surface area (Å²) >= 11 is 7.06. The maximum Gasteiger partial charge on any atom is 0.0983 e. The van der Waals surface area contributed by atoms with E-state index < -0.39 is 0 Å². The van der Waals surface area contributed by atoms with Gasteiger partial charge < -0.3 is 5.11 Å². The molecule has 1 aliphatic rings. The minimum absolute atomic E-state index is 0.304. The predicted octanol–water partition coefficient (Wildman–Crippen LogP) is 4.61. The lowest BCUT2D eigenvalue weighted by atomic mass is 10.0. The van der Waals surface area contributed by atoms with Crippen LogP contribution in [0.15, 0.2) is 15.9 Å². The van der Waals surface area contributed by atoms with Crippen LogP contribution in [0.5, 0.6) is 0 Å². The van der Waals surface area contributed by atoms with Crippen LogP contribution >= 0.6 is 39.0 Å². The third kappa shape index (κ3) is 3.49. The molecule has 1 heterocycles. The van der Waals surface area contributed by atoms with Crippen molar-refractivity contribution < 1.29 is 5.11 Å². The highest BCUT2D eigenvalue weighted by Crippen LogP contribution is 2.34. The van der Waals surface area contributed by atoms with Gasteiger partial charge in [-0.3, -0.25) is 0 Å². The van der Waals surface area contributed by atoms with Crippen molar-refractivity contribution in [2.24, 2.45) is 0 Å². The first kappa shape index (κ1) is 12.9. The SMILES string of the molecule is OC(CSC1CCCCC1)c1sccc1Br. The van der Waals surface area contributed by atoms with Crippen molar-refractivity contribution in [1.82, 2.24) is 0 Å². The monoisotopic (exact) mass is 320 g/mol. The Balaban J connectivity index is 1.79. The molecule has 0 bridgehead atoms.